The van der Waals surface area contributed by atoms with Gasteiger partial charge in [-0.05, 0) is 24.6 Å². The summed E-state index contributed by atoms with van der Waals surface area (Å²) in [5.41, 5.74) is 2.20. The van der Waals surface area contributed by atoms with Crippen LogP contribution in [0.15, 0.2) is 41.7 Å². The summed E-state index contributed by atoms with van der Waals surface area (Å²) < 4.78 is 1.80. The molecule has 0 aliphatic heterocycles. The number of aromatic nitrogens is 2. The number of aromatic hydroxyl groups is 1. The molecule has 0 spiro atoms. The molecule has 1 heterocycles. The number of benzene rings is 1. The Bertz CT molecular complexity index is 624. The van der Waals surface area contributed by atoms with Gasteiger partial charge in [-0.25, -0.2) is 4.99 Å². The Hall–Kier alpha value is -1.77. The zero-order valence-electron chi connectivity index (χ0n) is 13.7. The molecule has 0 saturated carbocycles. The van der Waals surface area contributed by atoms with Crippen LogP contribution < -0.4 is 5.32 Å². The fraction of sp³-hybridized carbons (Fsp3) is 0.375. The van der Waals surface area contributed by atoms with E-state index in [1.165, 1.54) is 0 Å². The third-order valence-corrected chi connectivity index (χ3v) is 3.22. The summed E-state index contributed by atoms with van der Waals surface area (Å²) in [6, 6.07) is 7.11. The summed E-state index contributed by atoms with van der Waals surface area (Å²) in [6.07, 6.45) is 3.86. The molecule has 23 heavy (non-hydrogen) atoms. The van der Waals surface area contributed by atoms with Gasteiger partial charge in [0.25, 0.3) is 0 Å². The summed E-state index contributed by atoms with van der Waals surface area (Å²) in [4.78, 5) is 6.71. The molecule has 2 rings (SSSR count). The third-order valence-electron chi connectivity index (χ3n) is 3.22. The molecule has 126 valence electrons. The molecule has 0 fully saturated rings. The summed E-state index contributed by atoms with van der Waals surface area (Å²) in [7, 11) is 3.92. The molecule has 0 aliphatic carbocycles. The molecule has 0 radical (unpaired) electrons. The van der Waals surface area contributed by atoms with Crippen molar-refractivity contribution in [1.82, 2.24) is 20.0 Å². The fourth-order valence-electron chi connectivity index (χ4n) is 2.14. The maximum absolute atomic E-state index is 9.31. The van der Waals surface area contributed by atoms with Crippen molar-refractivity contribution >= 4 is 29.9 Å². The first kappa shape index (κ1) is 19.3. The number of nitrogens with zero attached hydrogens (tertiary/aromatic N) is 4. The first-order chi connectivity index (χ1) is 10.6. The van der Waals surface area contributed by atoms with Gasteiger partial charge >= 0.3 is 0 Å². The van der Waals surface area contributed by atoms with Crippen LogP contribution in [-0.4, -0.2) is 39.3 Å². The summed E-state index contributed by atoms with van der Waals surface area (Å²) in [5.74, 6) is 1.12. The molecular formula is C16H24IN5O. The van der Waals surface area contributed by atoms with Crippen LogP contribution in [0.5, 0.6) is 5.75 Å². The van der Waals surface area contributed by atoms with E-state index in [-0.39, 0.29) is 29.7 Å². The minimum absolute atomic E-state index is 0. The predicted octanol–water partition coefficient (Wildman–Crippen LogP) is 2.34. The molecule has 6 nitrogen and oxygen atoms in total. The number of hydrogen-bond acceptors (Lipinski definition) is 3. The smallest absolute Gasteiger partial charge is 0.194 e. The second-order valence-electron chi connectivity index (χ2n) is 5.21. The quantitative estimate of drug-likeness (QED) is 0.435. The van der Waals surface area contributed by atoms with Gasteiger partial charge in [0, 0.05) is 38.9 Å². The zero-order chi connectivity index (χ0) is 15.9. The highest BCUT2D eigenvalue weighted by Crippen LogP contribution is 2.10. The van der Waals surface area contributed by atoms with E-state index < -0.39 is 0 Å². The van der Waals surface area contributed by atoms with E-state index in [2.05, 4.69) is 20.3 Å². The molecule has 1 aromatic heterocycles. The molecule has 0 bridgehead atoms. The van der Waals surface area contributed by atoms with Crippen LogP contribution in [0.25, 0.3) is 0 Å². The number of phenolic OH excluding ortho intramolecular Hbond substituents is 1. The molecule has 1 aromatic carbocycles. The van der Waals surface area contributed by atoms with Gasteiger partial charge in [0.2, 0.25) is 0 Å². The van der Waals surface area contributed by atoms with Crippen LogP contribution in [0.3, 0.4) is 0 Å². The van der Waals surface area contributed by atoms with Crippen molar-refractivity contribution in [1.29, 1.82) is 0 Å². The van der Waals surface area contributed by atoms with Crippen LogP contribution in [0.1, 0.15) is 18.1 Å². The highest BCUT2D eigenvalue weighted by molar-refractivity contribution is 14.0. The average Bonchev–Trinajstić information content (AvgIpc) is 2.90. The van der Waals surface area contributed by atoms with Gasteiger partial charge in [-0.2, -0.15) is 5.10 Å². The lowest BCUT2D eigenvalue weighted by atomic mass is 10.2. The van der Waals surface area contributed by atoms with Gasteiger partial charge in [0.05, 0.1) is 12.7 Å². The number of aliphatic imine (C=N–C) groups is 1. The highest BCUT2D eigenvalue weighted by Gasteiger charge is 2.07. The van der Waals surface area contributed by atoms with Crippen molar-refractivity contribution in [3.63, 3.8) is 0 Å². The number of nitrogens with one attached hydrogen (secondary N) is 1. The molecule has 0 atom stereocenters. The molecular weight excluding hydrogens is 405 g/mol. The number of halogens is 1. The van der Waals surface area contributed by atoms with Crippen LogP contribution in [0, 0.1) is 0 Å². The van der Waals surface area contributed by atoms with Gasteiger partial charge in [-0.3, -0.25) is 4.68 Å². The largest absolute Gasteiger partial charge is 0.508 e. The second-order valence-corrected chi connectivity index (χ2v) is 5.21. The normalized spacial score (nSPS) is 11.0. The van der Waals surface area contributed by atoms with Gasteiger partial charge in [-0.1, -0.05) is 12.1 Å². The van der Waals surface area contributed by atoms with Crippen LogP contribution in [-0.2, 0) is 20.1 Å². The minimum Gasteiger partial charge on any atom is -0.508 e. The van der Waals surface area contributed by atoms with Crippen LogP contribution in [0.2, 0.25) is 0 Å². The van der Waals surface area contributed by atoms with E-state index in [4.69, 9.17) is 0 Å². The number of hydrogen-bond donors (Lipinski definition) is 2. The number of aryl methyl sites for hydroxylation is 1. The van der Waals surface area contributed by atoms with Gasteiger partial charge in [0.1, 0.15) is 5.75 Å². The zero-order valence-corrected chi connectivity index (χ0v) is 16.1. The molecule has 0 amide bonds. The summed E-state index contributed by atoms with van der Waals surface area (Å²) >= 11 is 0. The van der Waals surface area contributed by atoms with E-state index in [0.717, 1.165) is 30.2 Å². The second kappa shape index (κ2) is 9.39. The Balaban J connectivity index is 0.00000264. The average molecular weight is 429 g/mol. The lowest BCUT2D eigenvalue weighted by Crippen LogP contribution is -2.38. The lowest BCUT2D eigenvalue weighted by Gasteiger charge is -2.21. The van der Waals surface area contributed by atoms with Crippen LogP contribution >= 0.6 is 24.0 Å². The number of rotatable bonds is 5. The van der Waals surface area contributed by atoms with Crippen molar-refractivity contribution in [2.75, 3.05) is 13.6 Å². The lowest BCUT2D eigenvalue weighted by molar-refractivity contribution is 0.474. The van der Waals surface area contributed by atoms with E-state index >= 15 is 0 Å². The first-order valence-electron chi connectivity index (χ1n) is 7.33. The standard InChI is InChI=1S/C16H23N5O.HI/c1-4-17-16(18-9-13-5-7-15(22)8-6-13)20(2)11-14-10-19-21(3)12-14;/h5-8,10,12,22H,4,9,11H2,1-3H3,(H,17,18);1H. The van der Waals surface area contributed by atoms with Gasteiger partial charge in [0.15, 0.2) is 5.96 Å². The van der Waals surface area contributed by atoms with E-state index in [9.17, 15) is 5.11 Å². The maximum atomic E-state index is 9.31. The van der Waals surface area contributed by atoms with Gasteiger partial charge in [-0.15, -0.1) is 24.0 Å². The maximum Gasteiger partial charge on any atom is 0.194 e. The van der Waals surface area contributed by atoms with Gasteiger partial charge < -0.3 is 15.3 Å². The Kier molecular flexibility index (Phi) is 7.87. The Labute approximate surface area is 154 Å². The number of guanidine groups is 1. The van der Waals surface area contributed by atoms with Crippen molar-refractivity contribution in [2.45, 2.75) is 20.0 Å². The number of phenols is 1. The summed E-state index contributed by atoms with van der Waals surface area (Å²) in [6.45, 7) is 4.18. The first-order valence-corrected chi connectivity index (χ1v) is 7.33. The van der Waals surface area contributed by atoms with Crippen molar-refractivity contribution in [2.24, 2.45) is 12.0 Å². The van der Waals surface area contributed by atoms with Crippen molar-refractivity contribution in [3.8, 4) is 5.75 Å². The van der Waals surface area contributed by atoms with E-state index in [1.807, 2.05) is 45.5 Å². The minimum atomic E-state index is 0. The molecule has 0 aliphatic rings. The fourth-order valence-corrected chi connectivity index (χ4v) is 2.14. The Morgan fingerprint density at radius 1 is 1.30 bits per heavy atom. The van der Waals surface area contributed by atoms with E-state index in [0.29, 0.717) is 6.54 Å². The Morgan fingerprint density at radius 3 is 2.57 bits per heavy atom. The SMILES string of the molecule is CCNC(=NCc1ccc(O)cc1)N(C)Cc1cnn(C)c1.I. The predicted molar refractivity (Wildman–Crippen MR) is 103 cm³/mol. The Morgan fingerprint density at radius 2 is 2.00 bits per heavy atom. The molecule has 0 unspecified atom stereocenters. The monoisotopic (exact) mass is 429 g/mol. The molecule has 0 saturated heterocycles. The van der Waals surface area contributed by atoms with Crippen molar-refractivity contribution < 1.29 is 5.11 Å². The highest BCUT2D eigenvalue weighted by atomic mass is 127. The van der Waals surface area contributed by atoms with Crippen molar-refractivity contribution in [3.05, 3.63) is 47.8 Å². The third kappa shape index (κ3) is 6.09. The molecule has 2 aromatic rings. The molecule has 7 heteroatoms. The van der Waals surface area contributed by atoms with Crippen LogP contribution in [0.4, 0.5) is 0 Å². The topological polar surface area (TPSA) is 65.7 Å². The van der Waals surface area contributed by atoms with E-state index in [1.54, 1.807) is 16.8 Å². The summed E-state index contributed by atoms with van der Waals surface area (Å²) in [5, 5.41) is 16.8. The molecule has 2 N–H and O–H groups in total.